The third-order valence-electron chi connectivity index (χ3n) is 4.17. The van der Waals surface area contributed by atoms with Crippen molar-refractivity contribution >= 4 is 12.2 Å². The Morgan fingerprint density at radius 2 is 1.88 bits per heavy atom. The number of hydrogen-bond donors (Lipinski definition) is 1. The van der Waals surface area contributed by atoms with Gasteiger partial charge in [0.05, 0.1) is 0 Å². The summed E-state index contributed by atoms with van der Waals surface area (Å²) in [5, 5.41) is 2.88. The van der Waals surface area contributed by atoms with Gasteiger partial charge in [0.2, 0.25) is 0 Å². The molecule has 2 rings (SSSR count). The van der Waals surface area contributed by atoms with Gasteiger partial charge < -0.3 is 19.7 Å². The van der Waals surface area contributed by atoms with Gasteiger partial charge in [-0.2, -0.15) is 0 Å². The van der Waals surface area contributed by atoms with Crippen molar-refractivity contribution in [3.8, 4) is 0 Å². The first-order chi connectivity index (χ1) is 11.7. The van der Waals surface area contributed by atoms with E-state index in [2.05, 4.69) is 5.32 Å². The van der Waals surface area contributed by atoms with Crippen molar-refractivity contribution in [3.63, 3.8) is 0 Å². The molecule has 1 aromatic rings. The highest BCUT2D eigenvalue weighted by Crippen LogP contribution is 2.25. The van der Waals surface area contributed by atoms with Crippen molar-refractivity contribution in [3.05, 3.63) is 35.9 Å². The highest BCUT2D eigenvalue weighted by Gasteiger charge is 2.32. The third kappa shape index (κ3) is 6.29. The zero-order chi connectivity index (χ0) is 18.4. The fourth-order valence-corrected chi connectivity index (χ4v) is 2.86. The molecule has 1 N–H and O–H groups in total. The molecule has 1 aliphatic rings. The minimum absolute atomic E-state index is 0.0122. The number of alkyl carbamates (subject to hydrolysis) is 1. The minimum Gasteiger partial charge on any atom is -0.445 e. The summed E-state index contributed by atoms with van der Waals surface area (Å²) in [5.74, 6) is 0. The van der Waals surface area contributed by atoms with Gasteiger partial charge in [-0.3, -0.25) is 0 Å². The molecule has 0 unspecified atom stereocenters. The van der Waals surface area contributed by atoms with E-state index in [0.29, 0.717) is 6.42 Å². The maximum Gasteiger partial charge on any atom is 0.410 e. The van der Waals surface area contributed by atoms with Crippen molar-refractivity contribution in [2.75, 3.05) is 7.05 Å². The average Bonchev–Trinajstić information content (AvgIpc) is 3.00. The van der Waals surface area contributed by atoms with Gasteiger partial charge in [-0.05, 0) is 45.6 Å². The molecule has 1 saturated carbocycles. The molecule has 0 aromatic heterocycles. The molecule has 0 saturated heterocycles. The van der Waals surface area contributed by atoms with Crippen LogP contribution in [0.5, 0.6) is 0 Å². The molecule has 0 spiro atoms. The van der Waals surface area contributed by atoms with Crippen LogP contribution in [0.15, 0.2) is 30.3 Å². The molecule has 6 heteroatoms. The Hall–Kier alpha value is -2.24. The summed E-state index contributed by atoms with van der Waals surface area (Å²) < 4.78 is 10.6. The number of benzene rings is 1. The maximum absolute atomic E-state index is 12.1. The van der Waals surface area contributed by atoms with Gasteiger partial charge in [0.1, 0.15) is 12.2 Å². The van der Waals surface area contributed by atoms with E-state index in [9.17, 15) is 9.59 Å². The van der Waals surface area contributed by atoms with Crippen LogP contribution >= 0.6 is 0 Å². The fraction of sp³-hybridized carbons (Fsp3) is 0.579. The predicted octanol–water partition coefficient (Wildman–Crippen LogP) is 3.70. The second kappa shape index (κ2) is 8.23. The lowest BCUT2D eigenvalue weighted by atomic mass is 10.2. The number of rotatable bonds is 4. The molecule has 6 nitrogen and oxygen atoms in total. The second-order valence-corrected chi connectivity index (χ2v) is 7.46. The molecular formula is C19H28N2O4. The van der Waals surface area contributed by atoms with Crippen LogP contribution < -0.4 is 5.32 Å². The normalized spacial score (nSPS) is 20.0. The summed E-state index contributed by atoms with van der Waals surface area (Å²) in [5.41, 5.74) is 0.439. The summed E-state index contributed by atoms with van der Waals surface area (Å²) >= 11 is 0. The first-order valence-electron chi connectivity index (χ1n) is 8.67. The van der Waals surface area contributed by atoms with E-state index in [1.807, 2.05) is 51.1 Å². The summed E-state index contributed by atoms with van der Waals surface area (Å²) in [4.78, 5) is 25.7. The van der Waals surface area contributed by atoms with Crippen LogP contribution in [0, 0.1) is 0 Å². The average molecular weight is 348 g/mol. The number of amides is 2. The summed E-state index contributed by atoms with van der Waals surface area (Å²) in [6.45, 7) is 5.79. The zero-order valence-electron chi connectivity index (χ0n) is 15.5. The van der Waals surface area contributed by atoms with Crippen LogP contribution in [0.25, 0.3) is 0 Å². The number of carbonyl (C=O) groups is 2. The highest BCUT2D eigenvalue weighted by molar-refractivity contribution is 5.69. The van der Waals surface area contributed by atoms with Crippen molar-refractivity contribution in [2.24, 2.45) is 0 Å². The number of carbonyl (C=O) groups excluding carboxylic acids is 2. The van der Waals surface area contributed by atoms with Crippen LogP contribution in [-0.2, 0) is 16.1 Å². The molecule has 0 heterocycles. The van der Waals surface area contributed by atoms with Crippen molar-refractivity contribution in [1.82, 2.24) is 10.2 Å². The molecule has 0 radical (unpaired) electrons. The first kappa shape index (κ1) is 19.1. The Morgan fingerprint density at radius 3 is 2.52 bits per heavy atom. The minimum atomic E-state index is -0.511. The molecule has 2 amide bonds. The highest BCUT2D eigenvalue weighted by atomic mass is 16.6. The summed E-state index contributed by atoms with van der Waals surface area (Å²) in [6, 6.07) is 9.63. The molecule has 25 heavy (non-hydrogen) atoms. The summed E-state index contributed by atoms with van der Waals surface area (Å²) in [7, 11) is 1.74. The van der Waals surface area contributed by atoms with Crippen LogP contribution in [0.4, 0.5) is 9.59 Å². The van der Waals surface area contributed by atoms with Gasteiger partial charge >= 0.3 is 12.2 Å². The van der Waals surface area contributed by atoms with Crippen LogP contribution in [0.1, 0.15) is 45.6 Å². The van der Waals surface area contributed by atoms with E-state index < -0.39 is 11.7 Å². The van der Waals surface area contributed by atoms with Crippen LogP contribution in [0.2, 0.25) is 0 Å². The number of nitrogens with zero attached hydrogens (tertiary/aromatic N) is 1. The van der Waals surface area contributed by atoms with Crippen molar-refractivity contribution in [2.45, 2.75) is 64.3 Å². The fourth-order valence-electron chi connectivity index (χ4n) is 2.86. The topological polar surface area (TPSA) is 67.9 Å². The molecule has 0 aliphatic heterocycles. The van der Waals surface area contributed by atoms with Gasteiger partial charge in [-0.25, -0.2) is 9.59 Å². The SMILES string of the molecule is CN(C(=O)OC(C)(C)C)[C@@H]1CC[C@@H](NC(=O)OCc2ccccc2)C1. The lowest BCUT2D eigenvalue weighted by molar-refractivity contribution is 0.0225. The Kier molecular flexibility index (Phi) is 6.28. The second-order valence-electron chi connectivity index (χ2n) is 7.46. The molecule has 1 fully saturated rings. The van der Waals surface area contributed by atoms with Gasteiger partial charge in [-0.1, -0.05) is 30.3 Å². The van der Waals surface area contributed by atoms with Crippen molar-refractivity contribution < 1.29 is 19.1 Å². The first-order valence-corrected chi connectivity index (χ1v) is 8.67. The molecule has 2 atom stereocenters. The van der Waals surface area contributed by atoms with E-state index in [4.69, 9.17) is 9.47 Å². The van der Waals surface area contributed by atoms with E-state index in [1.165, 1.54) is 0 Å². The Labute approximate surface area is 149 Å². The van der Waals surface area contributed by atoms with Gasteiger partial charge in [0.25, 0.3) is 0 Å². The molecular weight excluding hydrogens is 320 g/mol. The molecule has 138 valence electrons. The quantitative estimate of drug-likeness (QED) is 0.901. The number of nitrogens with one attached hydrogen (secondary N) is 1. The van der Waals surface area contributed by atoms with E-state index >= 15 is 0 Å². The largest absolute Gasteiger partial charge is 0.445 e. The Balaban J connectivity index is 1.74. The summed E-state index contributed by atoms with van der Waals surface area (Å²) in [6.07, 6.45) is 1.60. The van der Waals surface area contributed by atoms with Crippen LogP contribution in [0.3, 0.4) is 0 Å². The van der Waals surface area contributed by atoms with E-state index in [0.717, 1.165) is 18.4 Å². The Bertz CT molecular complexity index is 583. The maximum atomic E-state index is 12.1. The molecule has 1 aliphatic carbocycles. The van der Waals surface area contributed by atoms with Crippen molar-refractivity contribution in [1.29, 1.82) is 0 Å². The number of hydrogen-bond acceptors (Lipinski definition) is 4. The molecule has 0 bridgehead atoms. The number of ether oxygens (including phenoxy) is 2. The molecule has 1 aromatic carbocycles. The van der Waals surface area contributed by atoms with E-state index in [-0.39, 0.29) is 24.8 Å². The third-order valence-corrected chi connectivity index (χ3v) is 4.17. The predicted molar refractivity (Wildman–Crippen MR) is 95.2 cm³/mol. The smallest absolute Gasteiger partial charge is 0.410 e. The standard InChI is InChI=1S/C19H28N2O4/c1-19(2,3)25-18(23)21(4)16-11-10-15(12-16)20-17(22)24-13-14-8-6-5-7-9-14/h5-9,15-16H,10-13H2,1-4H3,(H,20,22)/t15-,16-/m1/s1. The van der Waals surface area contributed by atoms with Crippen LogP contribution in [-0.4, -0.2) is 41.8 Å². The lowest BCUT2D eigenvalue weighted by Gasteiger charge is -2.28. The Morgan fingerprint density at radius 1 is 1.20 bits per heavy atom. The zero-order valence-corrected chi connectivity index (χ0v) is 15.5. The van der Waals surface area contributed by atoms with E-state index in [1.54, 1.807) is 11.9 Å². The van der Waals surface area contributed by atoms with Gasteiger partial charge in [-0.15, -0.1) is 0 Å². The van der Waals surface area contributed by atoms with Gasteiger partial charge in [0.15, 0.2) is 0 Å². The lowest BCUT2D eigenvalue weighted by Crippen LogP contribution is -2.41. The monoisotopic (exact) mass is 348 g/mol. The van der Waals surface area contributed by atoms with Gasteiger partial charge in [0, 0.05) is 19.1 Å².